The number of anilines is 2. The SMILES string of the molecule is Cc1cc(N(Cc2ccccc2)C(C)C)ncc1N. The van der Waals surface area contributed by atoms with Crippen LogP contribution in [-0.2, 0) is 6.54 Å². The van der Waals surface area contributed by atoms with Crippen molar-refractivity contribution >= 4 is 11.5 Å². The van der Waals surface area contributed by atoms with Gasteiger partial charge in [-0.25, -0.2) is 4.98 Å². The van der Waals surface area contributed by atoms with Gasteiger partial charge in [0.25, 0.3) is 0 Å². The average molecular weight is 255 g/mol. The van der Waals surface area contributed by atoms with Crippen LogP contribution in [0, 0.1) is 6.92 Å². The standard InChI is InChI=1S/C16H21N3/c1-12(2)19(11-14-7-5-4-6-8-14)16-9-13(3)15(17)10-18-16/h4-10,12H,11,17H2,1-3H3. The van der Waals surface area contributed by atoms with Gasteiger partial charge in [0.1, 0.15) is 5.82 Å². The maximum absolute atomic E-state index is 5.84. The predicted octanol–water partition coefficient (Wildman–Crippen LogP) is 3.39. The highest BCUT2D eigenvalue weighted by atomic mass is 15.2. The van der Waals surface area contributed by atoms with Crippen LogP contribution in [0.15, 0.2) is 42.6 Å². The highest BCUT2D eigenvalue weighted by molar-refractivity contribution is 5.52. The minimum Gasteiger partial charge on any atom is -0.397 e. The van der Waals surface area contributed by atoms with Gasteiger partial charge in [-0.15, -0.1) is 0 Å². The van der Waals surface area contributed by atoms with E-state index < -0.39 is 0 Å². The van der Waals surface area contributed by atoms with E-state index in [0.717, 1.165) is 23.6 Å². The van der Waals surface area contributed by atoms with E-state index in [1.54, 1.807) is 6.20 Å². The molecular weight excluding hydrogens is 234 g/mol. The average Bonchev–Trinajstić information content (AvgIpc) is 2.40. The molecule has 0 saturated carbocycles. The number of hydrogen-bond acceptors (Lipinski definition) is 3. The summed E-state index contributed by atoms with van der Waals surface area (Å²) >= 11 is 0. The minimum absolute atomic E-state index is 0.385. The van der Waals surface area contributed by atoms with Crippen molar-refractivity contribution in [2.24, 2.45) is 0 Å². The fraction of sp³-hybridized carbons (Fsp3) is 0.312. The van der Waals surface area contributed by atoms with Gasteiger partial charge in [-0.05, 0) is 38.0 Å². The van der Waals surface area contributed by atoms with Gasteiger partial charge in [0.05, 0.1) is 11.9 Å². The third-order valence-corrected chi connectivity index (χ3v) is 3.25. The number of nitrogens with zero attached hydrogens (tertiary/aromatic N) is 2. The lowest BCUT2D eigenvalue weighted by Crippen LogP contribution is -2.31. The fourth-order valence-electron chi connectivity index (χ4n) is 2.02. The molecule has 19 heavy (non-hydrogen) atoms. The maximum Gasteiger partial charge on any atom is 0.129 e. The van der Waals surface area contributed by atoms with E-state index in [2.05, 4.69) is 54.1 Å². The molecule has 3 heteroatoms. The van der Waals surface area contributed by atoms with Crippen molar-refractivity contribution in [1.29, 1.82) is 0 Å². The van der Waals surface area contributed by atoms with E-state index in [9.17, 15) is 0 Å². The Morgan fingerprint density at radius 2 is 1.89 bits per heavy atom. The van der Waals surface area contributed by atoms with Crippen LogP contribution in [0.3, 0.4) is 0 Å². The number of benzene rings is 1. The Kier molecular flexibility index (Phi) is 4.05. The van der Waals surface area contributed by atoms with Crippen LogP contribution in [-0.4, -0.2) is 11.0 Å². The Morgan fingerprint density at radius 1 is 1.21 bits per heavy atom. The summed E-state index contributed by atoms with van der Waals surface area (Å²) in [6.07, 6.45) is 1.74. The molecule has 0 aliphatic carbocycles. The molecule has 0 atom stereocenters. The van der Waals surface area contributed by atoms with Crippen LogP contribution in [0.1, 0.15) is 25.0 Å². The smallest absolute Gasteiger partial charge is 0.129 e. The zero-order chi connectivity index (χ0) is 13.8. The minimum atomic E-state index is 0.385. The van der Waals surface area contributed by atoms with Crippen molar-refractivity contribution in [2.45, 2.75) is 33.4 Å². The maximum atomic E-state index is 5.84. The van der Waals surface area contributed by atoms with E-state index in [1.807, 2.05) is 13.0 Å². The summed E-state index contributed by atoms with van der Waals surface area (Å²) < 4.78 is 0. The summed E-state index contributed by atoms with van der Waals surface area (Å²) in [4.78, 5) is 6.74. The number of aryl methyl sites for hydroxylation is 1. The molecule has 1 aromatic carbocycles. The van der Waals surface area contributed by atoms with Gasteiger partial charge in [-0.2, -0.15) is 0 Å². The van der Waals surface area contributed by atoms with E-state index >= 15 is 0 Å². The molecule has 0 aliphatic heterocycles. The molecule has 3 nitrogen and oxygen atoms in total. The van der Waals surface area contributed by atoms with E-state index in [-0.39, 0.29) is 0 Å². The summed E-state index contributed by atoms with van der Waals surface area (Å²) in [5, 5.41) is 0. The van der Waals surface area contributed by atoms with Crippen molar-refractivity contribution in [1.82, 2.24) is 4.98 Å². The molecule has 0 fully saturated rings. The lowest BCUT2D eigenvalue weighted by molar-refractivity contribution is 0.672. The van der Waals surface area contributed by atoms with Crippen molar-refractivity contribution in [2.75, 3.05) is 10.6 Å². The van der Waals surface area contributed by atoms with Crippen LogP contribution in [0.2, 0.25) is 0 Å². The van der Waals surface area contributed by atoms with E-state index in [4.69, 9.17) is 5.73 Å². The monoisotopic (exact) mass is 255 g/mol. The predicted molar refractivity (Wildman–Crippen MR) is 81.1 cm³/mol. The molecule has 0 amide bonds. The molecule has 0 unspecified atom stereocenters. The first-order valence-corrected chi connectivity index (χ1v) is 6.60. The second-order valence-corrected chi connectivity index (χ2v) is 5.11. The third-order valence-electron chi connectivity index (χ3n) is 3.25. The Balaban J connectivity index is 2.27. The van der Waals surface area contributed by atoms with Crippen molar-refractivity contribution < 1.29 is 0 Å². The largest absolute Gasteiger partial charge is 0.397 e. The Bertz CT molecular complexity index is 535. The highest BCUT2D eigenvalue weighted by Crippen LogP contribution is 2.21. The van der Waals surface area contributed by atoms with Crippen LogP contribution >= 0.6 is 0 Å². The normalized spacial score (nSPS) is 10.7. The van der Waals surface area contributed by atoms with Crippen LogP contribution in [0.5, 0.6) is 0 Å². The summed E-state index contributed by atoms with van der Waals surface area (Å²) in [7, 11) is 0. The second-order valence-electron chi connectivity index (χ2n) is 5.11. The number of rotatable bonds is 4. The van der Waals surface area contributed by atoms with Gasteiger partial charge in [-0.3, -0.25) is 0 Å². The molecule has 1 aromatic heterocycles. The molecule has 100 valence electrons. The summed E-state index contributed by atoms with van der Waals surface area (Å²) in [5.74, 6) is 0.977. The van der Waals surface area contributed by atoms with Gasteiger partial charge in [0.2, 0.25) is 0 Å². The molecule has 0 bridgehead atoms. The quantitative estimate of drug-likeness (QED) is 0.910. The lowest BCUT2D eigenvalue weighted by Gasteiger charge is -2.28. The van der Waals surface area contributed by atoms with E-state index in [0.29, 0.717) is 6.04 Å². The van der Waals surface area contributed by atoms with Crippen molar-refractivity contribution in [3.63, 3.8) is 0 Å². The molecule has 0 saturated heterocycles. The van der Waals surface area contributed by atoms with Gasteiger partial charge >= 0.3 is 0 Å². The molecule has 0 aliphatic rings. The zero-order valence-electron chi connectivity index (χ0n) is 11.8. The summed E-state index contributed by atoms with van der Waals surface area (Å²) in [6, 6.07) is 12.9. The van der Waals surface area contributed by atoms with Crippen molar-refractivity contribution in [3.8, 4) is 0 Å². The van der Waals surface area contributed by atoms with Crippen LogP contribution in [0.25, 0.3) is 0 Å². The van der Waals surface area contributed by atoms with Crippen molar-refractivity contribution in [3.05, 3.63) is 53.7 Å². The molecule has 2 rings (SSSR count). The molecule has 2 N–H and O–H groups in total. The third kappa shape index (κ3) is 3.25. The first kappa shape index (κ1) is 13.4. The lowest BCUT2D eigenvalue weighted by atomic mass is 10.1. The van der Waals surface area contributed by atoms with Gasteiger partial charge in [0, 0.05) is 12.6 Å². The van der Waals surface area contributed by atoms with Gasteiger partial charge < -0.3 is 10.6 Å². The fourth-order valence-corrected chi connectivity index (χ4v) is 2.02. The topological polar surface area (TPSA) is 42.2 Å². The number of hydrogen-bond donors (Lipinski definition) is 1. The molecular formula is C16H21N3. The molecule has 0 spiro atoms. The second kappa shape index (κ2) is 5.74. The van der Waals surface area contributed by atoms with E-state index in [1.165, 1.54) is 5.56 Å². The zero-order valence-corrected chi connectivity index (χ0v) is 11.8. The number of aromatic nitrogens is 1. The summed E-state index contributed by atoms with van der Waals surface area (Å²) in [6.45, 7) is 7.23. The first-order chi connectivity index (χ1) is 9.08. The van der Waals surface area contributed by atoms with Crippen LogP contribution in [0.4, 0.5) is 11.5 Å². The summed E-state index contributed by atoms with van der Waals surface area (Å²) in [5.41, 5.74) is 8.94. The highest BCUT2D eigenvalue weighted by Gasteiger charge is 2.13. The molecule has 1 heterocycles. The Hall–Kier alpha value is -2.03. The molecule has 2 aromatic rings. The van der Waals surface area contributed by atoms with Gasteiger partial charge in [0.15, 0.2) is 0 Å². The number of pyridine rings is 1. The Morgan fingerprint density at radius 3 is 2.47 bits per heavy atom. The Labute approximate surface area is 115 Å². The molecule has 0 radical (unpaired) electrons. The number of nitrogens with two attached hydrogens (primary N) is 1. The van der Waals surface area contributed by atoms with Gasteiger partial charge in [-0.1, -0.05) is 30.3 Å². The first-order valence-electron chi connectivity index (χ1n) is 6.60. The van der Waals surface area contributed by atoms with Crippen LogP contribution < -0.4 is 10.6 Å². The number of nitrogen functional groups attached to an aromatic ring is 1.